The van der Waals surface area contributed by atoms with Gasteiger partial charge in [0.2, 0.25) is 0 Å². The Bertz CT molecular complexity index is 322. The van der Waals surface area contributed by atoms with Crippen molar-refractivity contribution in [3.63, 3.8) is 0 Å². The summed E-state index contributed by atoms with van der Waals surface area (Å²) >= 11 is 5.15. The first-order valence-electron chi connectivity index (χ1n) is 5.79. The third kappa shape index (κ3) is 4.61. The van der Waals surface area contributed by atoms with Gasteiger partial charge in [0.25, 0.3) is 0 Å². The van der Waals surface area contributed by atoms with Gasteiger partial charge < -0.3 is 10.6 Å². The minimum absolute atomic E-state index is 0.720. The van der Waals surface area contributed by atoms with Gasteiger partial charge in [-0.1, -0.05) is 13.3 Å². The Hall–Kier alpha value is -1.10. The van der Waals surface area contributed by atoms with Crippen LogP contribution in [0.4, 0.5) is 0 Å². The number of hydrogen-bond donors (Lipinski definition) is 2. The Labute approximate surface area is 102 Å². The van der Waals surface area contributed by atoms with Gasteiger partial charge in [-0.3, -0.25) is 4.68 Å². The lowest BCUT2D eigenvalue weighted by atomic mass is 10.3. The zero-order chi connectivity index (χ0) is 11.8. The summed E-state index contributed by atoms with van der Waals surface area (Å²) in [7, 11) is 0. The van der Waals surface area contributed by atoms with E-state index < -0.39 is 0 Å². The maximum absolute atomic E-state index is 5.15. The van der Waals surface area contributed by atoms with Crippen molar-refractivity contribution in [2.75, 3.05) is 6.54 Å². The van der Waals surface area contributed by atoms with Gasteiger partial charge >= 0.3 is 0 Å². The van der Waals surface area contributed by atoms with Gasteiger partial charge in [-0.2, -0.15) is 5.10 Å². The molecule has 1 aromatic rings. The summed E-state index contributed by atoms with van der Waals surface area (Å²) in [6, 6.07) is 0. The largest absolute Gasteiger partial charge is 0.363 e. The number of thiocarbonyl (C=S) groups is 1. The predicted octanol–water partition coefficient (Wildman–Crippen LogP) is 1.67. The molecular weight excluding hydrogens is 220 g/mol. The van der Waals surface area contributed by atoms with E-state index in [9.17, 15) is 0 Å². The van der Waals surface area contributed by atoms with E-state index >= 15 is 0 Å². The quantitative estimate of drug-likeness (QED) is 0.586. The highest BCUT2D eigenvalue weighted by atomic mass is 32.1. The maximum atomic E-state index is 5.15. The summed E-state index contributed by atoms with van der Waals surface area (Å²) in [4.78, 5) is 0. The van der Waals surface area contributed by atoms with Crippen LogP contribution in [0.5, 0.6) is 0 Å². The molecule has 0 aromatic carbocycles. The Morgan fingerprint density at radius 2 is 2.25 bits per heavy atom. The lowest BCUT2D eigenvalue weighted by molar-refractivity contribution is 0.658. The van der Waals surface area contributed by atoms with Crippen LogP contribution in [0.3, 0.4) is 0 Å². The average Bonchev–Trinajstić information content (AvgIpc) is 2.74. The van der Waals surface area contributed by atoms with E-state index in [-0.39, 0.29) is 0 Å². The monoisotopic (exact) mass is 240 g/mol. The molecule has 0 aliphatic heterocycles. The summed E-state index contributed by atoms with van der Waals surface area (Å²) in [6.07, 6.45) is 6.22. The molecule has 1 heterocycles. The number of unbranched alkanes of at least 4 members (excludes halogenated alkanes) is 1. The first-order valence-corrected chi connectivity index (χ1v) is 6.20. The van der Waals surface area contributed by atoms with Crippen LogP contribution in [0.15, 0.2) is 12.4 Å². The van der Waals surface area contributed by atoms with E-state index in [1.165, 1.54) is 6.42 Å². The molecule has 0 amide bonds. The number of nitrogens with zero attached hydrogens (tertiary/aromatic N) is 2. The number of rotatable bonds is 6. The van der Waals surface area contributed by atoms with E-state index in [0.29, 0.717) is 0 Å². The van der Waals surface area contributed by atoms with Crippen LogP contribution >= 0.6 is 12.2 Å². The first kappa shape index (κ1) is 13.0. The minimum Gasteiger partial charge on any atom is -0.363 e. The Morgan fingerprint density at radius 3 is 2.88 bits per heavy atom. The second kappa shape index (κ2) is 7.22. The summed E-state index contributed by atoms with van der Waals surface area (Å²) in [5, 5.41) is 11.3. The third-order valence-corrected chi connectivity index (χ3v) is 2.57. The van der Waals surface area contributed by atoms with E-state index in [2.05, 4.69) is 29.6 Å². The third-order valence-electron chi connectivity index (χ3n) is 2.28. The fourth-order valence-corrected chi connectivity index (χ4v) is 1.47. The fraction of sp³-hybridized carbons (Fsp3) is 0.636. The molecule has 90 valence electrons. The fourth-order valence-electron chi connectivity index (χ4n) is 1.29. The SMILES string of the molecule is CCCCNC(=S)NCc1cnn(CC)c1. The zero-order valence-electron chi connectivity index (χ0n) is 9.99. The van der Waals surface area contributed by atoms with Crippen molar-refractivity contribution >= 4 is 17.3 Å². The zero-order valence-corrected chi connectivity index (χ0v) is 10.8. The van der Waals surface area contributed by atoms with Crippen molar-refractivity contribution in [1.82, 2.24) is 20.4 Å². The molecule has 0 saturated carbocycles. The highest BCUT2D eigenvalue weighted by Crippen LogP contribution is 1.96. The molecule has 0 aliphatic carbocycles. The van der Waals surface area contributed by atoms with Crippen LogP contribution in [0.2, 0.25) is 0 Å². The number of aryl methyl sites for hydroxylation is 1. The Kier molecular flexibility index (Phi) is 5.85. The van der Waals surface area contributed by atoms with Crippen LogP contribution in [0.25, 0.3) is 0 Å². The number of aromatic nitrogens is 2. The first-order chi connectivity index (χ1) is 7.76. The molecule has 0 spiro atoms. The van der Waals surface area contributed by atoms with Gasteiger partial charge in [-0.05, 0) is 25.6 Å². The van der Waals surface area contributed by atoms with Crippen molar-refractivity contribution in [2.24, 2.45) is 0 Å². The minimum atomic E-state index is 0.720. The second-order valence-corrected chi connectivity index (χ2v) is 4.08. The van der Waals surface area contributed by atoms with Crippen molar-refractivity contribution in [3.8, 4) is 0 Å². The molecular formula is C11H20N4S. The number of nitrogens with one attached hydrogen (secondary N) is 2. The molecule has 4 nitrogen and oxygen atoms in total. The van der Waals surface area contributed by atoms with E-state index in [4.69, 9.17) is 12.2 Å². The van der Waals surface area contributed by atoms with Crippen molar-refractivity contribution in [3.05, 3.63) is 18.0 Å². The molecule has 1 aromatic heterocycles. The molecule has 0 unspecified atom stereocenters. The second-order valence-electron chi connectivity index (χ2n) is 3.67. The average molecular weight is 240 g/mol. The van der Waals surface area contributed by atoms with Gasteiger partial charge in [-0.15, -0.1) is 0 Å². The lowest BCUT2D eigenvalue weighted by Gasteiger charge is -2.08. The molecule has 2 N–H and O–H groups in total. The van der Waals surface area contributed by atoms with Crippen LogP contribution in [-0.4, -0.2) is 21.4 Å². The van der Waals surface area contributed by atoms with Crippen LogP contribution in [-0.2, 0) is 13.1 Å². The van der Waals surface area contributed by atoms with Crippen LogP contribution < -0.4 is 10.6 Å². The maximum Gasteiger partial charge on any atom is 0.166 e. The van der Waals surface area contributed by atoms with Crippen LogP contribution in [0.1, 0.15) is 32.3 Å². The molecule has 0 saturated heterocycles. The van der Waals surface area contributed by atoms with E-state index in [1.54, 1.807) is 0 Å². The molecule has 0 radical (unpaired) electrons. The summed E-state index contributed by atoms with van der Waals surface area (Å²) in [5.41, 5.74) is 1.15. The topological polar surface area (TPSA) is 41.9 Å². The molecule has 0 atom stereocenters. The summed E-state index contributed by atoms with van der Waals surface area (Å²) in [5.74, 6) is 0. The molecule has 0 aliphatic rings. The highest BCUT2D eigenvalue weighted by Gasteiger charge is 1.98. The van der Waals surface area contributed by atoms with Crippen molar-refractivity contribution < 1.29 is 0 Å². The number of hydrogen-bond acceptors (Lipinski definition) is 2. The Balaban J connectivity index is 2.20. The molecule has 5 heteroatoms. The van der Waals surface area contributed by atoms with Gasteiger partial charge in [-0.25, -0.2) is 0 Å². The predicted molar refractivity (Wildman–Crippen MR) is 70.2 cm³/mol. The summed E-state index contributed by atoms with van der Waals surface area (Å²) < 4.78 is 1.91. The molecule has 0 fully saturated rings. The lowest BCUT2D eigenvalue weighted by Crippen LogP contribution is -2.35. The summed E-state index contributed by atoms with van der Waals surface area (Å²) in [6.45, 7) is 6.81. The van der Waals surface area contributed by atoms with Crippen molar-refractivity contribution in [1.29, 1.82) is 0 Å². The normalized spacial score (nSPS) is 10.1. The van der Waals surface area contributed by atoms with Crippen molar-refractivity contribution in [2.45, 2.75) is 39.8 Å². The van der Waals surface area contributed by atoms with E-state index in [1.807, 2.05) is 17.1 Å². The highest BCUT2D eigenvalue weighted by molar-refractivity contribution is 7.80. The van der Waals surface area contributed by atoms with Gasteiger partial charge in [0, 0.05) is 31.4 Å². The van der Waals surface area contributed by atoms with E-state index in [0.717, 1.165) is 36.7 Å². The molecule has 16 heavy (non-hydrogen) atoms. The smallest absolute Gasteiger partial charge is 0.166 e. The Morgan fingerprint density at radius 1 is 1.44 bits per heavy atom. The van der Waals surface area contributed by atoms with Gasteiger partial charge in [0.15, 0.2) is 5.11 Å². The molecule has 0 bridgehead atoms. The van der Waals surface area contributed by atoms with Gasteiger partial charge in [0.1, 0.15) is 0 Å². The molecule has 1 rings (SSSR count). The standard InChI is InChI=1S/C11H20N4S/c1-3-5-6-12-11(16)13-7-10-8-14-15(4-2)9-10/h8-9H,3-7H2,1-2H3,(H2,12,13,16). The van der Waals surface area contributed by atoms with Crippen LogP contribution in [0, 0.1) is 0 Å². The van der Waals surface area contributed by atoms with Gasteiger partial charge in [0.05, 0.1) is 6.20 Å².